The third kappa shape index (κ3) is 2.60. The summed E-state index contributed by atoms with van der Waals surface area (Å²) in [6.07, 6.45) is 5.42. The summed E-state index contributed by atoms with van der Waals surface area (Å²) in [7, 11) is 3.62. The molecule has 16 heavy (non-hydrogen) atoms. The molecule has 2 nitrogen and oxygen atoms in total. The molecular weight excluding hydrogens is 200 g/mol. The van der Waals surface area contributed by atoms with Crippen molar-refractivity contribution in [3.63, 3.8) is 0 Å². The molecule has 0 atom stereocenters. The normalized spacial score (nSPS) is 19.3. The number of hydrogen-bond donors (Lipinski definition) is 0. The zero-order valence-electron chi connectivity index (χ0n) is 11.6. The lowest BCUT2D eigenvalue weighted by atomic mass is 9.60. The summed E-state index contributed by atoms with van der Waals surface area (Å²) >= 11 is 0. The zero-order chi connectivity index (χ0) is 12.2. The second kappa shape index (κ2) is 5.50. The van der Waals surface area contributed by atoms with E-state index in [4.69, 9.17) is 9.47 Å². The fourth-order valence-corrected chi connectivity index (χ4v) is 3.32. The minimum absolute atomic E-state index is 0.174. The Hall–Kier alpha value is -0.0800. The van der Waals surface area contributed by atoms with Crippen molar-refractivity contribution in [2.45, 2.75) is 46.5 Å². The van der Waals surface area contributed by atoms with Gasteiger partial charge >= 0.3 is 0 Å². The molecule has 1 saturated carbocycles. The lowest BCUT2D eigenvalue weighted by Gasteiger charge is -2.48. The molecule has 1 rings (SSSR count). The van der Waals surface area contributed by atoms with E-state index in [9.17, 15) is 0 Å². The van der Waals surface area contributed by atoms with Crippen LogP contribution in [-0.2, 0) is 9.47 Å². The first-order valence-electron chi connectivity index (χ1n) is 6.46. The van der Waals surface area contributed by atoms with Gasteiger partial charge in [0.25, 0.3) is 0 Å². The quantitative estimate of drug-likeness (QED) is 0.717. The van der Waals surface area contributed by atoms with E-state index in [2.05, 4.69) is 20.8 Å². The lowest BCUT2D eigenvalue weighted by Crippen LogP contribution is -2.48. The molecule has 0 aromatic carbocycles. The van der Waals surface area contributed by atoms with Crippen LogP contribution in [0.15, 0.2) is 0 Å². The molecule has 0 bridgehead atoms. The highest BCUT2D eigenvalue weighted by molar-refractivity contribution is 4.97. The molecule has 1 aliphatic rings. The predicted octanol–water partition coefficient (Wildman–Crippen LogP) is 3.50. The number of ether oxygens (including phenoxy) is 2. The Kier molecular flexibility index (Phi) is 4.81. The van der Waals surface area contributed by atoms with E-state index < -0.39 is 0 Å². The van der Waals surface area contributed by atoms with Crippen molar-refractivity contribution in [2.24, 2.45) is 16.7 Å². The molecule has 2 heteroatoms. The van der Waals surface area contributed by atoms with Crippen LogP contribution in [-0.4, -0.2) is 27.4 Å². The second-order valence-corrected chi connectivity index (χ2v) is 6.25. The van der Waals surface area contributed by atoms with Gasteiger partial charge in [0.1, 0.15) is 0 Å². The SMILES string of the molecule is COCC(COC)(C1CCCC1)C(C)(C)C. The number of rotatable bonds is 5. The standard InChI is InChI=1S/C14H28O2/c1-13(2,3)14(10-15-4,11-16-5)12-8-6-7-9-12/h12H,6-11H2,1-5H3. The monoisotopic (exact) mass is 228 g/mol. The summed E-state index contributed by atoms with van der Waals surface area (Å²) < 4.78 is 11.0. The Balaban J connectivity index is 2.94. The second-order valence-electron chi connectivity index (χ2n) is 6.25. The van der Waals surface area contributed by atoms with E-state index in [1.165, 1.54) is 25.7 Å². The molecule has 0 aromatic rings. The van der Waals surface area contributed by atoms with E-state index in [0.717, 1.165) is 19.1 Å². The molecule has 0 amide bonds. The van der Waals surface area contributed by atoms with Gasteiger partial charge in [0, 0.05) is 19.6 Å². The van der Waals surface area contributed by atoms with Crippen LogP contribution in [0, 0.1) is 16.7 Å². The molecule has 0 aliphatic heterocycles. The van der Waals surface area contributed by atoms with Gasteiger partial charge in [-0.05, 0) is 24.2 Å². The molecule has 0 N–H and O–H groups in total. The zero-order valence-corrected chi connectivity index (χ0v) is 11.6. The van der Waals surface area contributed by atoms with E-state index in [1.54, 1.807) is 0 Å². The van der Waals surface area contributed by atoms with Crippen LogP contribution < -0.4 is 0 Å². The van der Waals surface area contributed by atoms with E-state index >= 15 is 0 Å². The molecule has 0 aromatic heterocycles. The number of methoxy groups -OCH3 is 2. The van der Waals surface area contributed by atoms with Crippen LogP contribution in [0.4, 0.5) is 0 Å². The molecule has 0 spiro atoms. The highest BCUT2D eigenvalue weighted by Gasteiger charge is 2.48. The van der Waals surface area contributed by atoms with Crippen LogP contribution in [0.1, 0.15) is 46.5 Å². The average molecular weight is 228 g/mol. The van der Waals surface area contributed by atoms with Crippen molar-refractivity contribution in [3.05, 3.63) is 0 Å². The van der Waals surface area contributed by atoms with Crippen molar-refractivity contribution in [3.8, 4) is 0 Å². The van der Waals surface area contributed by atoms with Crippen LogP contribution >= 0.6 is 0 Å². The van der Waals surface area contributed by atoms with Gasteiger partial charge in [-0.1, -0.05) is 33.6 Å². The Morgan fingerprint density at radius 1 is 0.938 bits per heavy atom. The lowest BCUT2D eigenvalue weighted by molar-refractivity contribution is -0.0981. The Morgan fingerprint density at radius 2 is 1.38 bits per heavy atom. The fraction of sp³-hybridized carbons (Fsp3) is 1.00. The van der Waals surface area contributed by atoms with Crippen LogP contribution in [0.3, 0.4) is 0 Å². The van der Waals surface area contributed by atoms with Gasteiger partial charge in [0.15, 0.2) is 0 Å². The van der Waals surface area contributed by atoms with Crippen molar-refractivity contribution < 1.29 is 9.47 Å². The van der Waals surface area contributed by atoms with Crippen LogP contribution in [0.25, 0.3) is 0 Å². The Morgan fingerprint density at radius 3 is 1.69 bits per heavy atom. The topological polar surface area (TPSA) is 18.5 Å². The Labute approximate surface area is 101 Å². The van der Waals surface area contributed by atoms with Crippen LogP contribution in [0.5, 0.6) is 0 Å². The largest absolute Gasteiger partial charge is 0.384 e. The van der Waals surface area contributed by atoms with Gasteiger partial charge in [-0.25, -0.2) is 0 Å². The van der Waals surface area contributed by atoms with E-state index in [0.29, 0.717) is 0 Å². The third-order valence-corrected chi connectivity index (χ3v) is 4.43. The van der Waals surface area contributed by atoms with Crippen molar-refractivity contribution in [1.29, 1.82) is 0 Å². The van der Waals surface area contributed by atoms with E-state index in [-0.39, 0.29) is 10.8 Å². The first-order chi connectivity index (χ1) is 7.48. The van der Waals surface area contributed by atoms with E-state index in [1.807, 2.05) is 14.2 Å². The molecule has 1 fully saturated rings. The molecule has 0 saturated heterocycles. The summed E-state index contributed by atoms with van der Waals surface area (Å²) in [6, 6.07) is 0. The summed E-state index contributed by atoms with van der Waals surface area (Å²) in [5.74, 6) is 0.757. The maximum Gasteiger partial charge on any atom is 0.0548 e. The molecule has 0 heterocycles. The summed E-state index contributed by atoms with van der Waals surface area (Å²) in [5.41, 5.74) is 0.404. The van der Waals surface area contributed by atoms with Gasteiger partial charge < -0.3 is 9.47 Å². The van der Waals surface area contributed by atoms with Crippen molar-refractivity contribution in [1.82, 2.24) is 0 Å². The fourth-order valence-electron chi connectivity index (χ4n) is 3.32. The maximum atomic E-state index is 5.52. The minimum Gasteiger partial charge on any atom is -0.384 e. The predicted molar refractivity (Wildman–Crippen MR) is 67.6 cm³/mol. The molecule has 0 unspecified atom stereocenters. The van der Waals surface area contributed by atoms with Crippen LogP contribution in [0.2, 0.25) is 0 Å². The van der Waals surface area contributed by atoms with Gasteiger partial charge in [-0.2, -0.15) is 0 Å². The molecule has 96 valence electrons. The van der Waals surface area contributed by atoms with Gasteiger partial charge in [-0.3, -0.25) is 0 Å². The van der Waals surface area contributed by atoms with Gasteiger partial charge in [0.2, 0.25) is 0 Å². The number of hydrogen-bond acceptors (Lipinski definition) is 2. The minimum atomic E-state index is 0.174. The average Bonchev–Trinajstić information content (AvgIpc) is 2.68. The summed E-state index contributed by atoms with van der Waals surface area (Å²) in [5, 5.41) is 0. The molecule has 1 aliphatic carbocycles. The first kappa shape index (κ1) is 14.0. The summed E-state index contributed by atoms with van der Waals surface area (Å²) in [4.78, 5) is 0. The summed E-state index contributed by atoms with van der Waals surface area (Å²) in [6.45, 7) is 8.60. The van der Waals surface area contributed by atoms with Gasteiger partial charge in [-0.15, -0.1) is 0 Å². The van der Waals surface area contributed by atoms with Crippen molar-refractivity contribution in [2.75, 3.05) is 27.4 Å². The first-order valence-corrected chi connectivity index (χ1v) is 6.46. The maximum absolute atomic E-state index is 5.52. The van der Waals surface area contributed by atoms with Crippen molar-refractivity contribution >= 4 is 0 Å². The molecule has 0 radical (unpaired) electrons. The van der Waals surface area contributed by atoms with Gasteiger partial charge in [0.05, 0.1) is 13.2 Å². The molecular formula is C14H28O2. The highest BCUT2D eigenvalue weighted by atomic mass is 16.5. The third-order valence-electron chi connectivity index (χ3n) is 4.43. The smallest absolute Gasteiger partial charge is 0.0548 e. The Bertz CT molecular complexity index is 193. The highest BCUT2D eigenvalue weighted by Crippen LogP contribution is 2.51.